The van der Waals surface area contributed by atoms with Crippen LogP contribution in [0.5, 0.6) is 0 Å². The average Bonchev–Trinajstić information content (AvgIpc) is 3.37. The van der Waals surface area contributed by atoms with Crippen LogP contribution in [0.3, 0.4) is 0 Å². The maximum absolute atomic E-state index is 13.8. The smallest absolute Gasteiger partial charge is 0.407 e. The lowest BCUT2D eigenvalue weighted by Crippen LogP contribution is -2.47. The molecule has 0 fully saturated rings. The summed E-state index contributed by atoms with van der Waals surface area (Å²) in [7, 11) is 1.58. The molecule has 4 rings (SSSR count). The molecule has 0 aromatic heterocycles. The van der Waals surface area contributed by atoms with Crippen molar-refractivity contribution in [2.45, 2.75) is 50.0 Å². The number of allylic oxidation sites excluding steroid dienone is 1. The number of aliphatic hydroxyl groups is 2. The van der Waals surface area contributed by atoms with Gasteiger partial charge in [-0.1, -0.05) is 97.1 Å². The Morgan fingerprint density at radius 2 is 1.62 bits per heavy atom. The molecule has 1 aliphatic rings. The number of ether oxygens (including phenoxy) is 3. The van der Waals surface area contributed by atoms with Crippen molar-refractivity contribution in [1.82, 2.24) is 10.6 Å². The van der Waals surface area contributed by atoms with E-state index in [-0.39, 0.29) is 25.5 Å². The van der Waals surface area contributed by atoms with Gasteiger partial charge in [-0.3, -0.25) is 4.79 Å². The second-order valence-electron chi connectivity index (χ2n) is 11.2. The van der Waals surface area contributed by atoms with Crippen molar-refractivity contribution < 1.29 is 34.0 Å². The highest BCUT2D eigenvalue weighted by molar-refractivity contribution is 5.80. The van der Waals surface area contributed by atoms with Crippen molar-refractivity contribution in [3.8, 4) is 0 Å². The van der Waals surface area contributed by atoms with Crippen LogP contribution in [0.15, 0.2) is 91.0 Å². The molecule has 5 atom stereocenters. The van der Waals surface area contributed by atoms with Crippen LogP contribution in [0.1, 0.15) is 41.1 Å². The molecule has 0 radical (unpaired) electrons. The first kappa shape index (κ1) is 33.9. The Hall–Kier alpha value is -4.02. The third-order valence-corrected chi connectivity index (χ3v) is 7.89. The molecular weight excluding hydrogens is 572 g/mol. The van der Waals surface area contributed by atoms with Crippen LogP contribution >= 0.6 is 0 Å². The van der Waals surface area contributed by atoms with Gasteiger partial charge in [0.15, 0.2) is 0 Å². The molecule has 0 heterocycles. The van der Waals surface area contributed by atoms with Crippen LogP contribution < -0.4 is 10.6 Å². The van der Waals surface area contributed by atoms with Crippen molar-refractivity contribution >= 4 is 18.1 Å². The number of aliphatic hydroxyl groups excluding tert-OH is 2. The maximum Gasteiger partial charge on any atom is 0.407 e. The Kier molecular flexibility index (Phi) is 13.6. The summed E-state index contributed by atoms with van der Waals surface area (Å²) in [6, 6.07) is 25.7. The normalized spacial score (nSPS) is 17.8. The molecule has 1 aliphatic carbocycles. The number of carbonyl (C=O) groups excluding carboxylic acids is 2. The van der Waals surface area contributed by atoms with Gasteiger partial charge in [0.2, 0.25) is 5.91 Å². The number of amides is 2. The van der Waals surface area contributed by atoms with E-state index in [0.29, 0.717) is 32.5 Å². The van der Waals surface area contributed by atoms with Gasteiger partial charge in [0.25, 0.3) is 0 Å². The molecule has 0 saturated heterocycles. The molecule has 240 valence electrons. The molecule has 3 aromatic carbocycles. The Balaban J connectivity index is 1.47. The Morgan fingerprint density at radius 3 is 2.38 bits per heavy atom. The first-order chi connectivity index (χ1) is 21.9. The van der Waals surface area contributed by atoms with E-state index in [0.717, 1.165) is 22.3 Å². The molecule has 4 N–H and O–H groups in total. The number of hydrogen-bond donors (Lipinski definition) is 4. The van der Waals surface area contributed by atoms with E-state index in [1.807, 2.05) is 97.1 Å². The zero-order valence-corrected chi connectivity index (χ0v) is 25.7. The molecule has 3 aromatic rings. The highest BCUT2D eigenvalue weighted by Gasteiger charge is 2.35. The number of rotatable bonds is 17. The quantitative estimate of drug-likeness (QED) is 0.167. The van der Waals surface area contributed by atoms with Gasteiger partial charge in [-0.2, -0.15) is 0 Å². The molecule has 0 aliphatic heterocycles. The zero-order chi connectivity index (χ0) is 31.9. The van der Waals surface area contributed by atoms with Crippen molar-refractivity contribution in [1.29, 1.82) is 0 Å². The average molecular weight is 617 g/mol. The first-order valence-electron chi connectivity index (χ1n) is 15.4. The summed E-state index contributed by atoms with van der Waals surface area (Å²) in [4.78, 5) is 26.5. The number of benzene rings is 3. The lowest BCUT2D eigenvalue weighted by molar-refractivity contribution is -0.127. The lowest BCUT2D eigenvalue weighted by atomic mass is 9.90. The molecular formula is C36H44N2O7. The van der Waals surface area contributed by atoms with E-state index in [4.69, 9.17) is 14.2 Å². The fourth-order valence-electron chi connectivity index (χ4n) is 5.50. The SMILES string of the molecule is COCCOCCOC(=O)NC(Cc1ccccc1)C(O)CC(C/C=C/c1ccccc1)C(=O)NC1c2ccccc2CC1O. The third-order valence-electron chi connectivity index (χ3n) is 7.89. The van der Waals surface area contributed by atoms with E-state index in [2.05, 4.69) is 10.6 Å². The highest BCUT2D eigenvalue weighted by atomic mass is 16.6. The molecule has 9 nitrogen and oxygen atoms in total. The Labute approximate surface area is 265 Å². The topological polar surface area (TPSA) is 126 Å². The van der Waals surface area contributed by atoms with Gasteiger partial charge < -0.3 is 35.1 Å². The minimum atomic E-state index is -1.07. The van der Waals surface area contributed by atoms with E-state index in [1.54, 1.807) is 7.11 Å². The number of alkyl carbamates (subject to hydrolysis) is 1. The van der Waals surface area contributed by atoms with Gasteiger partial charge in [-0.25, -0.2) is 4.79 Å². The highest BCUT2D eigenvalue weighted by Crippen LogP contribution is 2.32. The summed E-state index contributed by atoms with van der Waals surface area (Å²) < 4.78 is 15.6. The van der Waals surface area contributed by atoms with Crippen LogP contribution in [0.25, 0.3) is 6.08 Å². The predicted octanol–water partition coefficient (Wildman–Crippen LogP) is 4.23. The summed E-state index contributed by atoms with van der Waals surface area (Å²) in [6.07, 6.45) is 2.60. The van der Waals surface area contributed by atoms with Gasteiger partial charge in [-0.05, 0) is 41.5 Å². The third kappa shape index (κ3) is 10.8. The summed E-state index contributed by atoms with van der Waals surface area (Å²) in [6.45, 7) is 1.10. The fraction of sp³-hybridized carbons (Fsp3) is 0.389. The molecule has 2 amide bonds. The predicted molar refractivity (Wildman–Crippen MR) is 172 cm³/mol. The monoisotopic (exact) mass is 616 g/mol. The van der Waals surface area contributed by atoms with Crippen molar-refractivity contribution in [3.63, 3.8) is 0 Å². The molecule has 0 spiro atoms. The van der Waals surface area contributed by atoms with Crippen LogP contribution in [-0.4, -0.2) is 74.0 Å². The minimum Gasteiger partial charge on any atom is -0.447 e. The number of nitrogens with one attached hydrogen (secondary N) is 2. The standard InChI is InChI=1S/C36H44N2O7/c1-43-19-20-44-21-22-45-36(42)37-31(23-27-13-6-3-7-14-27)32(39)25-29(17-10-15-26-11-4-2-5-12-26)35(41)38-34-30-18-9-8-16-28(30)24-33(34)40/h2-16,18,29,31-34,39-40H,17,19-25H2,1H3,(H,37,42)(H,38,41)/b15-10+. The van der Waals surface area contributed by atoms with Gasteiger partial charge >= 0.3 is 6.09 Å². The summed E-state index contributed by atoms with van der Waals surface area (Å²) >= 11 is 0. The first-order valence-corrected chi connectivity index (χ1v) is 15.4. The van der Waals surface area contributed by atoms with Crippen molar-refractivity contribution in [2.24, 2.45) is 5.92 Å². The number of carbonyl (C=O) groups is 2. The number of hydrogen-bond acceptors (Lipinski definition) is 7. The van der Waals surface area contributed by atoms with Crippen LogP contribution in [0.2, 0.25) is 0 Å². The Bertz CT molecular complexity index is 1350. The molecule has 9 heteroatoms. The van der Waals surface area contributed by atoms with Gasteiger partial charge in [0, 0.05) is 19.4 Å². The van der Waals surface area contributed by atoms with Crippen LogP contribution in [0.4, 0.5) is 4.79 Å². The minimum absolute atomic E-state index is 0.0458. The molecule has 45 heavy (non-hydrogen) atoms. The van der Waals surface area contributed by atoms with Crippen molar-refractivity contribution in [2.75, 3.05) is 33.5 Å². The van der Waals surface area contributed by atoms with Crippen LogP contribution in [0, 0.1) is 5.92 Å². The molecule has 0 saturated carbocycles. The van der Waals surface area contributed by atoms with E-state index >= 15 is 0 Å². The van der Waals surface area contributed by atoms with Gasteiger partial charge in [0.1, 0.15) is 6.61 Å². The maximum atomic E-state index is 13.8. The summed E-state index contributed by atoms with van der Waals surface area (Å²) in [5.74, 6) is -0.910. The number of fused-ring (bicyclic) bond motifs is 1. The van der Waals surface area contributed by atoms with Gasteiger partial charge in [-0.15, -0.1) is 0 Å². The van der Waals surface area contributed by atoms with E-state index in [1.165, 1.54) is 0 Å². The molecule has 0 bridgehead atoms. The van der Waals surface area contributed by atoms with Crippen molar-refractivity contribution in [3.05, 3.63) is 113 Å². The fourth-order valence-corrected chi connectivity index (χ4v) is 5.50. The van der Waals surface area contributed by atoms with E-state index in [9.17, 15) is 19.8 Å². The number of methoxy groups -OCH3 is 1. The Morgan fingerprint density at radius 1 is 0.933 bits per heavy atom. The van der Waals surface area contributed by atoms with Gasteiger partial charge in [0.05, 0.1) is 44.1 Å². The molecule has 5 unspecified atom stereocenters. The van der Waals surface area contributed by atoms with E-state index < -0.39 is 36.3 Å². The summed E-state index contributed by atoms with van der Waals surface area (Å²) in [5, 5.41) is 28.2. The van der Waals surface area contributed by atoms with Crippen LogP contribution in [-0.2, 0) is 31.8 Å². The second-order valence-corrected chi connectivity index (χ2v) is 11.2. The second kappa shape index (κ2) is 18.1. The summed E-state index contributed by atoms with van der Waals surface area (Å²) in [5.41, 5.74) is 3.82. The lowest BCUT2D eigenvalue weighted by Gasteiger charge is -2.28. The largest absolute Gasteiger partial charge is 0.447 e. The zero-order valence-electron chi connectivity index (χ0n) is 25.7.